The first kappa shape index (κ1) is 13.4. The number of hydrogen-bond acceptors (Lipinski definition) is 3. The molecule has 0 aliphatic carbocycles. The molecule has 0 heterocycles. The van der Waals surface area contributed by atoms with Crippen molar-refractivity contribution in [3.63, 3.8) is 0 Å². The molecule has 0 bridgehead atoms. The van der Waals surface area contributed by atoms with Crippen LogP contribution < -0.4 is 0 Å². The van der Waals surface area contributed by atoms with Crippen LogP contribution in [-0.2, 0) is 19.4 Å². The molecule has 6 heteroatoms. The van der Waals surface area contributed by atoms with E-state index in [9.17, 15) is 12.8 Å². The van der Waals surface area contributed by atoms with Gasteiger partial charge in [0.1, 0.15) is 11.4 Å². The number of methoxy groups -OCH3 is 1. The summed E-state index contributed by atoms with van der Waals surface area (Å²) in [6.07, 6.45) is 0. The highest BCUT2D eigenvalue weighted by atomic mass is 35.7. The topological polar surface area (TPSA) is 43.4 Å². The third-order valence-corrected chi connectivity index (χ3v) is 3.58. The second-order valence-electron chi connectivity index (χ2n) is 3.63. The summed E-state index contributed by atoms with van der Waals surface area (Å²) in [5.41, 5.74) is -0.519. The standard InChI is InChI=1S/C10H12ClFO3S/c1-10(15-2,7-16(11,13)14)8-3-5-9(12)6-4-8/h3-6H,7H2,1-2H3. The Labute approximate surface area is 98.6 Å². The van der Waals surface area contributed by atoms with Gasteiger partial charge in [0, 0.05) is 17.8 Å². The predicted molar refractivity (Wildman–Crippen MR) is 60.4 cm³/mol. The fourth-order valence-corrected chi connectivity index (χ4v) is 2.96. The van der Waals surface area contributed by atoms with E-state index in [2.05, 4.69) is 0 Å². The van der Waals surface area contributed by atoms with Gasteiger partial charge < -0.3 is 4.74 Å². The molecule has 90 valence electrons. The average molecular weight is 267 g/mol. The van der Waals surface area contributed by atoms with Crippen LogP contribution in [0.25, 0.3) is 0 Å². The van der Waals surface area contributed by atoms with Gasteiger partial charge in [0.05, 0.1) is 5.75 Å². The summed E-state index contributed by atoms with van der Waals surface area (Å²) in [6.45, 7) is 1.58. The van der Waals surface area contributed by atoms with E-state index in [-0.39, 0.29) is 5.75 Å². The quantitative estimate of drug-likeness (QED) is 0.785. The lowest BCUT2D eigenvalue weighted by atomic mass is 9.98. The van der Waals surface area contributed by atoms with E-state index >= 15 is 0 Å². The van der Waals surface area contributed by atoms with Gasteiger partial charge in [-0.3, -0.25) is 0 Å². The molecule has 1 aromatic carbocycles. The molecule has 0 N–H and O–H groups in total. The van der Waals surface area contributed by atoms with Crippen LogP contribution in [0.15, 0.2) is 24.3 Å². The van der Waals surface area contributed by atoms with Gasteiger partial charge in [0.15, 0.2) is 0 Å². The predicted octanol–water partition coefficient (Wildman–Crippen LogP) is 2.26. The largest absolute Gasteiger partial charge is 0.373 e. The summed E-state index contributed by atoms with van der Waals surface area (Å²) in [4.78, 5) is 0. The molecule has 0 aliphatic rings. The molecule has 16 heavy (non-hydrogen) atoms. The van der Waals surface area contributed by atoms with Crippen molar-refractivity contribution in [1.82, 2.24) is 0 Å². The van der Waals surface area contributed by atoms with Crippen molar-refractivity contribution < 1.29 is 17.5 Å². The van der Waals surface area contributed by atoms with Gasteiger partial charge in [0.25, 0.3) is 0 Å². The number of benzene rings is 1. The Bertz CT molecular complexity index is 457. The second kappa shape index (κ2) is 4.69. The number of rotatable bonds is 4. The smallest absolute Gasteiger partial charge is 0.235 e. The summed E-state index contributed by atoms with van der Waals surface area (Å²) in [6, 6.07) is 5.43. The van der Waals surface area contributed by atoms with E-state index < -0.39 is 20.5 Å². The van der Waals surface area contributed by atoms with Gasteiger partial charge in [-0.1, -0.05) is 12.1 Å². The molecule has 0 fully saturated rings. The zero-order valence-electron chi connectivity index (χ0n) is 8.91. The van der Waals surface area contributed by atoms with Crippen LogP contribution in [0.4, 0.5) is 4.39 Å². The Hall–Kier alpha value is -0.650. The normalized spacial score (nSPS) is 15.8. The van der Waals surface area contributed by atoms with Crippen molar-refractivity contribution in [2.75, 3.05) is 12.9 Å². The molecule has 0 radical (unpaired) electrons. The third kappa shape index (κ3) is 3.43. The molecule has 0 aromatic heterocycles. The highest BCUT2D eigenvalue weighted by Gasteiger charge is 2.31. The van der Waals surface area contributed by atoms with Gasteiger partial charge in [-0.2, -0.15) is 0 Å². The Morgan fingerprint density at radius 3 is 2.25 bits per heavy atom. The molecular formula is C10H12ClFO3S. The molecule has 0 aliphatic heterocycles. The van der Waals surface area contributed by atoms with E-state index in [0.29, 0.717) is 5.56 Å². The van der Waals surface area contributed by atoms with Crippen LogP contribution in [0, 0.1) is 5.82 Å². The van der Waals surface area contributed by atoms with Crippen LogP contribution in [0.5, 0.6) is 0 Å². The molecule has 1 aromatic rings. The maximum Gasteiger partial charge on any atom is 0.235 e. The molecular weight excluding hydrogens is 255 g/mol. The number of ether oxygens (including phenoxy) is 1. The molecule has 1 unspecified atom stereocenters. The van der Waals surface area contributed by atoms with E-state index in [1.165, 1.54) is 31.4 Å². The van der Waals surface area contributed by atoms with Crippen LogP contribution >= 0.6 is 10.7 Å². The summed E-state index contributed by atoms with van der Waals surface area (Å²) in [5, 5.41) is 0. The lowest BCUT2D eigenvalue weighted by Crippen LogP contribution is -2.31. The minimum absolute atomic E-state index is 0.371. The minimum atomic E-state index is -3.70. The fraction of sp³-hybridized carbons (Fsp3) is 0.400. The zero-order chi connectivity index (χ0) is 12.4. The van der Waals surface area contributed by atoms with Crippen LogP contribution in [0.1, 0.15) is 12.5 Å². The van der Waals surface area contributed by atoms with Crippen LogP contribution in [-0.4, -0.2) is 21.3 Å². The first-order valence-electron chi connectivity index (χ1n) is 4.50. The Morgan fingerprint density at radius 2 is 1.88 bits per heavy atom. The first-order valence-corrected chi connectivity index (χ1v) is 6.98. The second-order valence-corrected chi connectivity index (χ2v) is 6.40. The molecule has 0 spiro atoms. The minimum Gasteiger partial charge on any atom is -0.373 e. The highest BCUT2D eigenvalue weighted by Crippen LogP contribution is 2.27. The van der Waals surface area contributed by atoms with E-state index in [1.807, 2.05) is 0 Å². The lowest BCUT2D eigenvalue weighted by Gasteiger charge is -2.27. The van der Waals surface area contributed by atoms with Crippen molar-refractivity contribution in [2.24, 2.45) is 0 Å². The molecule has 1 atom stereocenters. The SMILES string of the molecule is COC(C)(CS(=O)(=O)Cl)c1ccc(F)cc1. The Kier molecular flexibility index (Phi) is 3.93. The maximum atomic E-state index is 12.7. The Balaban J connectivity index is 3.09. The summed E-state index contributed by atoms with van der Waals surface area (Å²) < 4.78 is 40.0. The van der Waals surface area contributed by atoms with E-state index in [4.69, 9.17) is 15.4 Å². The molecule has 3 nitrogen and oxygen atoms in total. The molecule has 0 saturated heterocycles. The number of halogens is 2. The van der Waals surface area contributed by atoms with Gasteiger partial charge in [-0.25, -0.2) is 12.8 Å². The van der Waals surface area contributed by atoms with E-state index in [0.717, 1.165) is 0 Å². The maximum absolute atomic E-state index is 12.7. The zero-order valence-corrected chi connectivity index (χ0v) is 10.5. The first-order chi connectivity index (χ1) is 7.27. The van der Waals surface area contributed by atoms with E-state index in [1.54, 1.807) is 6.92 Å². The highest BCUT2D eigenvalue weighted by molar-refractivity contribution is 8.13. The van der Waals surface area contributed by atoms with Gasteiger partial charge in [-0.05, 0) is 24.6 Å². The van der Waals surface area contributed by atoms with Crippen molar-refractivity contribution in [3.8, 4) is 0 Å². The van der Waals surface area contributed by atoms with Gasteiger partial charge in [-0.15, -0.1) is 0 Å². The van der Waals surface area contributed by atoms with Crippen molar-refractivity contribution in [1.29, 1.82) is 0 Å². The molecule has 0 amide bonds. The van der Waals surface area contributed by atoms with Crippen molar-refractivity contribution in [2.45, 2.75) is 12.5 Å². The van der Waals surface area contributed by atoms with Crippen molar-refractivity contribution >= 4 is 19.7 Å². The summed E-state index contributed by atoms with van der Waals surface area (Å²) in [7, 11) is 2.88. The third-order valence-electron chi connectivity index (χ3n) is 2.35. The van der Waals surface area contributed by atoms with Gasteiger partial charge in [0.2, 0.25) is 9.05 Å². The lowest BCUT2D eigenvalue weighted by molar-refractivity contribution is 0.0225. The summed E-state index contributed by atoms with van der Waals surface area (Å²) in [5.74, 6) is -0.764. The van der Waals surface area contributed by atoms with Gasteiger partial charge >= 0.3 is 0 Å². The fourth-order valence-electron chi connectivity index (χ4n) is 1.39. The number of hydrogen-bond donors (Lipinski definition) is 0. The average Bonchev–Trinajstić information content (AvgIpc) is 2.16. The Morgan fingerprint density at radius 1 is 1.38 bits per heavy atom. The summed E-state index contributed by atoms with van der Waals surface area (Å²) >= 11 is 0. The van der Waals surface area contributed by atoms with Crippen LogP contribution in [0.3, 0.4) is 0 Å². The molecule has 1 rings (SSSR count). The molecule has 0 saturated carbocycles. The van der Waals surface area contributed by atoms with Crippen LogP contribution in [0.2, 0.25) is 0 Å². The van der Waals surface area contributed by atoms with Crippen molar-refractivity contribution in [3.05, 3.63) is 35.6 Å². The monoisotopic (exact) mass is 266 g/mol.